The van der Waals surface area contributed by atoms with E-state index in [2.05, 4.69) is 10.1 Å². The van der Waals surface area contributed by atoms with Crippen molar-refractivity contribution in [3.05, 3.63) is 29.3 Å². The van der Waals surface area contributed by atoms with E-state index in [0.717, 1.165) is 0 Å². The van der Waals surface area contributed by atoms with Crippen molar-refractivity contribution >= 4 is 11.8 Å². The highest BCUT2D eigenvalue weighted by atomic mass is 16.5. The smallest absolute Gasteiger partial charge is 0.336 e. The zero-order chi connectivity index (χ0) is 12.6. The van der Waals surface area contributed by atoms with Crippen molar-refractivity contribution in [2.75, 3.05) is 5.73 Å². The number of hydrogen-bond donors (Lipinski definition) is 2. The number of hydrogen-bond acceptors (Lipinski definition) is 5. The second kappa shape index (κ2) is 3.89. The Kier molecular flexibility index (Phi) is 2.55. The van der Waals surface area contributed by atoms with E-state index in [1.54, 1.807) is 13.8 Å². The Balaban J connectivity index is 2.71. The monoisotopic (exact) mass is 233 g/mol. The fraction of sp³-hybridized carbons (Fsp3) is 0.182. The molecule has 0 aliphatic heterocycles. The highest BCUT2D eigenvalue weighted by molar-refractivity contribution is 5.97. The van der Waals surface area contributed by atoms with E-state index in [1.165, 1.54) is 12.3 Å². The van der Waals surface area contributed by atoms with Crippen LogP contribution in [-0.4, -0.2) is 21.2 Å². The summed E-state index contributed by atoms with van der Waals surface area (Å²) in [6.45, 7) is 3.46. The molecule has 0 unspecified atom stereocenters. The van der Waals surface area contributed by atoms with Gasteiger partial charge in [-0.15, -0.1) is 0 Å². The van der Waals surface area contributed by atoms with E-state index in [1.807, 2.05) is 0 Å². The molecule has 0 saturated carbocycles. The van der Waals surface area contributed by atoms with E-state index >= 15 is 0 Å². The van der Waals surface area contributed by atoms with Gasteiger partial charge >= 0.3 is 5.97 Å². The Bertz CT molecular complexity index is 570. The predicted molar refractivity (Wildman–Crippen MR) is 60.6 cm³/mol. The lowest BCUT2D eigenvalue weighted by atomic mass is 10.0. The Labute approximate surface area is 97.1 Å². The van der Waals surface area contributed by atoms with Crippen LogP contribution in [0.4, 0.5) is 5.82 Å². The first-order chi connectivity index (χ1) is 8.00. The highest BCUT2D eigenvalue weighted by Crippen LogP contribution is 2.30. The van der Waals surface area contributed by atoms with Crippen LogP contribution in [0.2, 0.25) is 0 Å². The predicted octanol–water partition coefficient (Wildman–Crippen LogP) is 1.63. The number of carboxylic acid groups (broad SMARTS) is 1. The van der Waals surface area contributed by atoms with Gasteiger partial charge in [0.2, 0.25) is 0 Å². The van der Waals surface area contributed by atoms with Crippen LogP contribution in [0.1, 0.15) is 21.8 Å². The second-order valence-electron chi connectivity index (χ2n) is 3.66. The molecular formula is C11H11N3O3. The Morgan fingerprint density at radius 3 is 2.71 bits per heavy atom. The van der Waals surface area contributed by atoms with Gasteiger partial charge in [0.05, 0.1) is 11.3 Å². The van der Waals surface area contributed by atoms with Crippen LogP contribution >= 0.6 is 0 Å². The molecule has 3 N–H and O–H groups in total. The summed E-state index contributed by atoms with van der Waals surface area (Å²) in [5.41, 5.74) is 7.30. The largest absolute Gasteiger partial charge is 0.478 e. The first-order valence-corrected chi connectivity index (χ1v) is 4.92. The summed E-state index contributed by atoms with van der Waals surface area (Å²) in [6, 6.07) is 1.32. The molecule has 0 saturated heterocycles. The number of aromatic nitrogens is 2. The third kappa shape index (κ3) is 1.84. The van der Waals surface area contributed by atoms with Gasteiger partial charge in [0.1, 0.15) is 11.6 Å². The van der Waals surface area contributed by atoms with Gasteiger partial charge in [0, 0.05) is 17.3 Å². The van der Waals surface area contributed by atoms with Crippen molar-refractivity contribution in [2.24, 2.45) is 0 Å². The maximum Gasteiger partial charge on any atom is 0.336 e. The molecule has 0 aliphatic rings. The van der Waals surface area contributed by atoms with Crippen LogP contribution in [0.25, 0.3) is 11.1 Å². The molecule has 6 heteroatoms. The number of aryl methyl sites for hydroxylation is 2. The Morgan fingerprint density at radius 1 is 1.47 bits per heavy atom. The van der Waals surface area contributed by atoms with E-state index in [-0.39, 0.29) is 11.4 Å². The van der Waals surface area contributed by atoms with Crippen molar-refractivity contribution in [1.29, 1.82) is 0 Å². The summed E-state index contributed by atoms with van der Waals surface area (Å²) in [5, 5.41) is 12.9. The Morgan fingerprint density at radius 2 is 2.18 bits per heavy atom. The minimum absolute atomic E-state index is 0.0897. The van der Waals surface area contributed by atoms with Crippen LogP contribution in [0, 0.1) is 13.8 Å². The maximum absolute atomic E-state index is 11.2. The van der Waals surface area contributed by atoms with Gasteiger partial charge in [-0.3, -0.25) is 0 Å². The molecule has 2 aromatic rings. The summed E-state index contributed by atoms with van der Waals surface area (Å²) in [6.07, 6.45) is 1.42. The molecule has 17 heavy (non-hydrogen) atoms. The Hall–Kier alpha value is -2.37. The molecule has 2 heterocycles. The SMILES string of the molecule is Cc1noc(C)c1-c1cnc(N)cc1C(=O)O. The molecule has 0 radical (unpaired) electrons. The van der Waals surface area contributed by atoms with Crippen LogP contribution in [-0.2, 0) is 0 Å². The lowest BCUT2D eigenvalue weighted by Crippen LogP contribution is -2.03. The summed E-state index contributed by atoms with van der Waals surface area (Å²) in [5.74, 6) is -0.344. The topological polar surface area (TPSA) is 102 Å². The van der Waals surface area contributed by atoms with Crippen molar-refractivity contribution in [3.63, 3.8) is 0 Å². The van der Waals surface area contributed by atoms with Gasteiger partial charge in [0.15, 0.2) is 0 Å². The minimum atomic E-state index is -1.06. The van der Waals surface area contributed by atoms with Crippen molar-refractivity contribution < 1.29 is 14.4 Å². The lowest BCUT2D eigenvalue weighted by Gasteiger charge is -2.05. The summed E-state index contributed by atoms with van der Waals surface area (Å²) < 4.78 is 5.01. The highest BCUT2D eigenvalue weighted by Gasteiger charge is 2.19. The number of rotatable bonds is 2. The third-order valence-corrected chi connectivity index (χ3v) is 2.46. The summed E-state index contributed by atoms with van der Waals surface area (Å²) >= 11 is 0. The molecule has 0 bridgehead atoms. The van der Waals surface area contributed by atoms with Gasteiger partial charge in [-0.2, -0.15) is 0 Å². The standard InChI is InChI=1S/C11H11N3O3/c1-5-10(6(2)17-14-5)8-4-13-9(12)3-7(8)11(15)16/h3-4H,1-2H3,(H2,12,13)(H,15,16). The van der Waals surface area contributed by atoms with E-state index in [0.29, 0.717) is 22.6 Å². The molecule has 0 fully saturated rings. The van der Waals surface area contributed by atoms with Crippen LogP contribution in [0.5, 0.6) is 0 Å². The number of nitrogens with two attached hydrogens (primary N) is 1. The number of pyridine rings is 1. The number of carbonyl (C=O) groups is 1. The molecule has 2 rings (SSSR count). The fourth-order valence-electron chi connectivity index (χ4n) is 1.72. The van der Waals surface area contributed by atoms with Crippen LogP contribution in [0.3, 0.4) is 0 Å². The molecule has 0 aromatic carbocycles. The zero-order valence-corrected chi connectivity index (χ0v) is 9.39. The van der Waals surface area contributed by atoms with Gasteiger partial charge in [-0.05, 0) is 19.9 Å². The number of anilines is 1. The fourth-order valence-corrected chi connectivity index (χ4v) is 1.72. The van der Waals surface area contributed by atoms with Crippen LogP contribution in [0.15, 0.2) is 16.8 Å². The average Bonchev–Trinajstić information content (AvgIpc) is 2.59. The molecular weight excluding hydrogens is 222 g/mol. The van der Waals surface area contributed by atoms with Crippen molar-refractivity contribution in [1.82, 2.24) is 10.1 Å². The van der Waals surface area contributed by atoms with Gasteiger partial charge in [-0.1, -0.05) is 5.16 Å². The third-order valence-electron chi connectivity index (χ3n) is 2.46. The average molecular weight is 233 g/mol. The first kappa shape index (κ1) is 11.1. The minimum Gasteiger partial charge on any atom is -0.478 e. The molecule has 88 valence electrons. The molecule has 2 aromatic heterocycles. The quantitative estimate of drug-likeness (QED) is 0.817. The van der Waals surface area contributed by atoms with Gasteiger partial charge in [-0.25, -0.2) is 9.78 Å². The molecule has 6 nitrogen and oxygen atoms in total. The van der Waals surface area contributed by atoms with E-state index < -0.39 is 5.97 Å². The zero-order valence-electron chi connectivity index (χ0n) is 9.39. The molecule has 0 amide bonds. The number of aromatic carboxylic acids is 1. The number of nitrogens with zero attached hydrogens (tertiary/aromatic N) is 2. The summed E-state index contributed by atoms with van der Waals surface area (Å²) in [7, 11) is 0. The van der Waals surface area contributed by atoms with E-state index in [9.17, 15) is 4.79 Å². The molecule has 0 spiro atoms. The van der Waals surface area contributed by atoms with Crippen molar-refractivity contribution in [3.8, 4) is 11.1 Å². The first-order valence-electron chi connectivity index (χ1n) is 4.92. The van der Waals surface area contributed by atoms with Gasteiger partial charge < -0.3 is 15.4 Å². The number of carboxylic acids is 1. The lowest BCUT2D eigenvalue weighted by molar-refractivity contribution is 0.0697. The van der Waals surface area contributed by atoms with E-state index in [4.69, 9.17) is 15.4 Å². The summed E-state index contributed by atoms with van der Waals surface area (Å²) in [4.78, 5) is 15.1. The number of nitrogen functional groups attached to an aromatic ring is 1. The molecule has 0 atom stereocenters. The van der Waals surface area contributed by atoms with Crippen molar-refractivity contribution in [2.45, 2.75) is 13.8 Å². The molecule has 0 aliphatic carbocycles. The second-order valence-corrected chi connectivity index (χ2v) is 3.66. The van der Waals surface area contributed by atoms with Gasteiger partial charge in [0.25, 0.3) is 0 Å². The maximum atomic E-state index is 11.2. The normalized spacial score (nSPS) is 10.5. The van der Waals surface area contributed by atoms with Crippen LogP contribution < -0.4 is 5.73 Å².